The van der Waals surface area contributed by atoms with Crippen LogP contribution in [0.15, 0.2) is 18.2 Å². The van der Waals surface area contributed by atoms with E-state index in [1.807, 2.05) is 18.2 Å². The summed E-state index contributed by atoms with van der Waals surface area (Å²) in [6.45, 7) is 0.498. The van der Waals surface area contributed by atoms with E-state index in [0.29, 0.717) is 32.3 Å². The van der Waals surface area contributed by atoms with Gasteiger partial charge in [0, 0.05) is 24.1 Å². The van der Waals surface area contributed by atoms with Crippen molar-refractivity contribution in [1.82, 2.24) is 0 Å². The van der Waals surface area contributed by atoms with Crippen LogP contribution in [-0.4, -0.2) is 23.6 Å². The first-order chi connectivity index (χ1) is 9.16. The summed E-state index contributed by atoms with van der Waals surface area (Å²) in [6, 6.07) is 5.59. The first-order valence-corrected chi connectivity index (χ1v) is 6.43. The second-order valence-corrected chi connectivity index (χ2v) is 4.53. The van der Waals surface area contributed by atoms with Gasteiger partial charge in [0.1, 0.15) is 5.75 Å². The molecule has 1 aliphatic rings. The Morgan fingerprint density at radius 1 is 1.32 bits per heavy atom. The van der Waals surface area contributed by atoms with Crippen LogP contribution in [0, 0.1) is 0 Å². The minimum absolute atomic E-state index is 0.0334. The highest BCUT2D eigenvalue weighted by Crippen LogP contribution is 2.31. The fourth-order valence-electron chi connectivity index (χ4n) is 2.09. The highest BCUT2D eigenvalue weighted by atomic mass is 16.5. The Labute approximate surface area is 111 Å². The molecule has 0 aliphatic carbocycles. The molecule has 2 rings (SSSR count). The van der Waals surface area contributed by atoms with Crippen molar-refractivity contribution in [2.24, 2.45) is 0 Å². The number of carbonyl (C=O) groups excluding carboxylic acids is 1. The lowest BCUT2D eigenvalue weighted by atomic mass is 10.0. The van der Waals surface area contributed by atoms with Gasteiger partial charge >= 0.3 is 5.97 Å². The van der Waals surface area contributed by atoms with E-state index in [1.165, 1.54) is 0 Å². The van der Waals surface area contributed by atoms with Crippen molar-refractivity contribution in [3.8, 4) is 5.75 Å². The third-order valence-corrected chi connectivity index (χ3v) is 3.05. The van der Waals surface area contributed by atoms with Gasteiger partial charge in [-0.2, -0.15) is 0 Å². The summed E-state index contributed by atoms with van der Waals surface area (Å²) in [5, 5.41) is 11.4. The Kier molecular flexibility index (Phi) is 4.39. The Bertz CT molecular complexity index is 484. The number of fused-ring (bicyclic) bond motifs is 1. The molecule has 0 bridgehead atoms. The zero-order chi connectivity index (χ0) is 13.7. The van der Waals surface area contributed by atoms with E-state index >= 15 is 0 Å². The van der Waals surface area contributed by atoms with Gasteiger partial charge in [-0.3, -0.25) is 9.59 Å². The van der Waals surface area contributed by atoms with Crippen molar-refractivity contribution in [2.45, 2.75) is 32.1 Å². The maximum absolute atomic E-state index is 11.3. The van der Waals surface area contributed by atoms with Crippen LogP contribution < -0.4 is 10.1 Å². The van der Waals surface area contributed by atoms with Crippen molar-refractivity contribution in [2.75, 3.05) is 11.9 Å². The second-order valence-electron chi connectivity index (χ2n) is 4.53. The largest absolute Gasteiger partial charge is 0.493 e. The molecule has 0 saturated heterocycles. The summed E-state index contributed by atoms with van der Waals surface area (Å²) in [4.78, 5) is 21.7. The van der Waals surface area contributed by atoms with Crippen molar-refractivity contribution in [3.05, 3.63) is 23.8 Å². The van der Waals surface area contributed by atoms with Crippen LogP contribution in [0.4, 0.5) is 5.69 Å². The van der Waals surface area contributed by atoms with E-state index in [-0.39, 0.29) is 12.3 Å². The van der Waals surface area contributed by atoms with Crippen LogP contribution in [0.5, 0.6) is 5.75 Å². The van der Waals surface area contributed by atoms with Gasteiger partial charge in [-0.05, 0) is 31.4 Å². The smallest absolute Gasteiger partial charge is 0.303 e. The van der Waals surface area contributed by atoms with Crippen LogP contribution in [0.2, 0.25) is 0 Å². The minimum Gasteiger partial charge on any atom is -0.493 e. The Hall–Kier alpha value is -2.04. The molecule has 2 N–H and O–H groups in total. The standard InChI is InChI=1S/C14H17NO4/c16-13-8-7-10-11(15-13)4-3-5-12(10)19-9-2-1-6-14(17)18/h3-5H,1-2,6-9H2,(H,15,16)(H,17,18). The van der Waals surface area contributed by atoms with Gasteiger partial charge < -0.3 is 15.2 Å². The summed E-state index contributed by atoms with van der Waals surface area (Å²) in [5.74, 6) is 0.0405. The molecule has 1 aromatic rings. The number of nitrogens with one attached hydrogen (secondary N) is 1. The van der Waals surface area contributed by atoms with E-state index in [2.05, 4.69) is 5.32 Å². The van der Waals surface area contributed by atoms with Gasteiger partial charge in [0.05, 0.1) is 6.61 Å². The Balaban J connectivity index is 1.89. The highest BCUT2D eigenvalue weighted by molar-refractivity contribution is 5.94. The minimum atomic E-state index is -0.778. The Morgan fingerprint density at radius 3 is 2.95 bits per heavy atom. The average Bonchev–Trinajstić information content (AvgIpc) is 2.37. The van der Waals surface area contributed by atoms with E-state index in [9.17, 15) is 9.59 Å². The molecule has 1 heterocycles. The predicted octanol–water partition coefficient (Wildman–Crippen LogP) is 2.21. The van der Waals surface area contributed by atoms with Gasteiger partial charge in [0.2, 0.25) is 5.91 Å². The first-order valence-electron chi connectivity index (χ1n) is 6.43. The fraction of sp³-hybridized carbons (Fsp3) is 0.429. The molecule has 0 radical (unpaired) electrons. The molecular weight excluding hydrogens is 246 g/mol. The fourth-order valence-corrected chi connectivity index (χ4v) is 2.09. The summed E-state index contributed by atoms with van der Waals surface area (Å²) < 4.78 is 5.68. The van der Waals surface area contributed by atoms with Crippen molar-refractivity contribution in [1.29, 1.82) is 0 Å². The van der Waals surface area contributed by atoms with Crippen molar-refractivity contribution >= 4 is 17.6 Å². The second kappa shape index (κ2) is 6.22. The number of amides is 1. The molecule has 19 heavy (non-hydrogen) atoms. The number of hydrogen-bond acceptors (Lipinski definition) is 3. The molecule has 0 atom stereocenters. The maximum atomic E-state index is 11.3. The number of aliphatic carboxylic acids is 1. The molecular formula is C14H17NO4. The van der Waals surface area contributed by atoms with E-state index in [1.54, 1.807) is 0 Å². The zero-order valence-corrected chi connectivity index (χ0v) is 10.6. The molecule has 0 unspecified atom stereocenters. The molecule has 1 aromatic carbocycles. The van der Waals surface area contributed by atoms with Gasteiger partial charge in [-0.15, -0.1) is 0 Å². The third kappa shape index (κ3) is 3.71. The number of carboxylic acids is 1. The highest BCUT2D eigenvalue weighted by Gasteiger charge is 2.17. The van der Waals surface area contributed by atoms with Gasteiger partial charge in [-0.1, -0.05) is 6.07 Å². The van der Waals surface area contributed by atoms with E-state index in [4.69, 9.17) is 9.84 Å². The Morgan fingerprint density at radius 2 is 2.16 bits per heavy atom. The lowest BCUT2D eigenvalue weighted by Gasteiger charge is -2.20. The summed E-state index contributed by atoms with van der Waals surface area (Å²) in [5.41, 5.74) is 1.85. The zero-order valence-electron chi connectivity index (χ0n) is 10.6. The summed E-state index contributed by atoms with van der Waals surface area (Å²) in [7, 11) is 0. The molecule has 0 spiro atoms. The number of carboxylic acid groups (broad SMARTS) is 1. The number of rotatable bonds is 6. The van der Waals surface area contributed by atoms with Gasteiger partial charge in [-0.25, -0.2) is 0 Å². The summed E-state index contributed by atoms with van der Waals surface area (Å²) in [6.07, 6.45) is 2.66. The number of anilines is 1. The number of benzene rings is 1. The molecule has 1 aliphatic heterocycles. The number of unbranched alkanes of at least 4 members (excludes halogenated alkanes) is 1. The van der Waals surface area contributed by atoms with Gasteiger partial charge in [0.25, 0.3) is 0 Å². The lowest BCUT2D eigenvalue weighted by molar-refractivity contribution is -0.137. The third-order valence-electron chi connectivity index (χ3n) is 3.05. The number of hydrogen-bond donors (Lipinski definition) is 2. The molecule has 0 saturated carbocycles. The quantitative estimate of drug-likeness (QED) is 0.771. The summed E-state index contributed by atoms with van der Waals surface area (Å²) >= 11 is 0. The first kappa shape index (κ1) is 13.4. The molecule has 0 fully saturated rings. The predicted molar refractivity (Wildman–Crippen MR) is 70.4 cm³/mol. The molecule has 1 amide bonds. The molecule has 5 heteroatoms. The molecule has 102 valence electrons. The topological polar surface area (TPSA) is 75.6 Å². The van der Waals surface area contributed by atoms with Crippen molar-refractivity contribution in [3.63, 3.8) is 0 Å². The van der Waals surface area contributed by atoms with E-state index < -0.39 is 5.97 Å². The van der Waals surface area contributed by atoms with Crippen LogP contribution in [-0.2, 0) is 16.0 Å². The molecule has 5 nitrogen and oxygen atoms in total. The maximum Gasteiger partial charge on any atom is 0.303 e. The normalized spacial score (nSPS) is 13.6. The molecule has 0 aromatic heterocycles. The average molecular weight is 263 g/mol. The van der Waals surface area contributed by atoms with Gasteiger partial charge in [0.15, 0.2) is 0 Å². The van der Waals surface area contributed by atoms with Crippen LogP contribution in [0.25, 0.3) is 0 Å². The lowest BCUT2D eigenvalue weighted by Crippen LogP contribution is -2.19. The monoisotopic (exact) mass is 263 g/mol. The van der Waals surface area contributed by atoms with E-state index in [0.717, 1.165) is 17.0 Å². The van der Waals surface area contributed by atoms with Crippen LogP contribution >= 0.6 is 0 Å². The SMILES string of the molecule is O=C(O)CCCCOc1cccc2c1CCC(=O)N2. The number of carbonyl (C=O) groups is 2. The van der Waals surface area contributed by atoms with Crippen molar-refractivity contribution < 1.29 is 19.4 Å². The van der Waals surface area contributed by atoms with Crippen LogP contribution in [0.3, 0.4) is 0 Å². The number of ether oxygens (including phenoxy) is 1. The van der Waals surface area contributed by atoms with Crippen LogP contribution in [0.1, 0.15) is 31.2 Å².